The number of hydrogen-bond acceptors (Lipinski definition) is 3. The Labute approximate surface area is 103 Å². The molecule has 2 rings (SSSR count). The van der Waals surface area contributed by atoms with Crippen molar-refractivity contribution in [2.45, 2.75) is 32.4 Å². The molecule has 2 atom stereocenters. The second kappa shape index (κ2) is 5.20. The number of benzene rings is 1. The topological polar surface area (TPSA) is 39.1 Å². The van der Waals surface area contributed by atoms with Crippen LogP contribution >= 0.6 is 0 Å². The van der Waals surface area contributed by atoms with Crippen molar-refractivity contribution >= 4 is 5.69 Å². The largest absolute Gasteiger partial charge is 0.369 e. The minimum Gasteiger partial charge on any atom is -0.369 e. The fraction of sp³-hybridized carbons (Fsp3) is 0.500. The third-order valence-corrected chi connectivity index (χ3v) is 3.26. The van der Waals surface area contributed by atoms with Crippen molar-refractivity contribution in [2.24, 2.45) is 0 Å². The highest BCUT2D eigenvalue weighted by Gasteiger charge is 2.19. The summed E-state index contributed by atoms with van der Waals surface area (Å²) in [6.45, 7) is 6.39. The lowest BCUT2D eigenvalue weighted by atomic mass is 10.1. The summed E-state index contributed by atoms with van der Waals surface area (Å²) in [4.78, 5) is 2.32. The predicted octanol–water partition coefficient (Wildman–Crippen LogP) is 2.13. The maximum Gasteiger partial charge on any atom is 0.101 e. The van der Waals surface area contributed by atoms with E-state index in [4.69, 9.17) is 5.26 Å². The Kier molecular flexibility index (Phi) is 3.65. The van der Waals surface area contributed by atoms with Crippen LogP contribution in [0.1, 0.15) is 25.8 Å². The summed E-state index contributed by atoms with van der Waals surface area (Å²) in [6, 6.07) is 11.1. The highest BCUT2D eigenvalue weighted by atomic mass is 15.2. The van der Waals surface area contributed by atoms with Gasteiger partial charge in [-0.15, -0.1) is 0 Å². The van der Waals surface area contributed by atoms with Gasteiger partial charge in [0, 0.05) is 25.2 Å². The van der Waals surface area contributed by atoms with Crippen LogP contribution in [0.4, 0.5) is 5.69 Å². The van der Waals surface area contributed by atoms with Crippen molar-refractivity contribution in [2.75, 3.05) is 18.0 Å². The van der Waals surface area contributed by atoms with Crippen molar-refractivity contribution in [3.63, 3.8) is 0 Å². The molecule has 1 N–H and O–H groups in total. The van der Waals surface area contributed by atoms with Gasteiger partial charge in [-0.1, -0.05) is 12.1 Å². The molecule has 17 heavy (non-hydrogen) atoms. The van der Waals surface area contributed by atoms with Crippen molar-refractivity contribution < 1.29 is 0 Å². The van der Waals surface area contributed by atoms with E-state index in [1.165, 1.54) is 0 Å². The van der Waals surface area contributed by atoms with Gasteiger partial charge in [0.05, 0.1) is 11.3 Å². The third kappa shape index (κ3) is 2.78. The van der Waals surface area contributed by atoms with Gasteiger partial charge in [0.15, 0.2) is 0 Å². The van der Waals surface area contributed by atoms with Gasteiger partial charge in [-0.2, -0.15) is 5.26 Å². The van der Waals surface area contributed by atoms with Crippen LogP contribution in [0.5, 0.6) is 0 Å². The Morgan fingerprint density at radius 2 is 2.06 bits per heavy atom. The van der Waals surface area contributed by atoms with Crippen LogP contribution in [0, 0.1) is 11.3 Å². The first-order valence-electron chi connectivity index (χ1n) is 6.21. The molecule has 1 fully saturated rings. The predicted molar refractivity (Wildman–Crippen MR) is 70.0 cm³/mol. The zero-order valence-electron chi connectivity index (χ0n) is 10.5. The van der Waals surface area contributed by atoms with Crippen LogP contribution in [-0.4, -0.2) is 25.2 Å². The zero-order chi connectivity index (χ0) is 12.3. The second-order valence-electron chi connectivity index (χ2n) is 4.83. The number of nitriles is 1. The SMILES string of the molecule is CC1CCN(c2ccccc2C#N)CC(C)N1. The van der Waals surface area contributed by atoms with Crippen molar-refractivity contribution in [3.8, 4) is 6.07 Å². The molecule has 1 saturated heterocycles. The molecule has 1 aliphatic rings. The molecular formula is C14H19N3. The van der Waals surface area contributed by atoms with E-state index >= 15 is 0 Å². The minimum absolute atomic E-state index is 0.458. The Morgan fingerprint density at radius 1 is 1.29 bits per heavy atom. The Balaban J connectivity index is 2.24. The summed E-state index contributed by atoms with van der Waals surface area (Å²) in [5.74, 6) is 0. The Morgan fingerprint density at radius 3 is 2.82 bits per heavy atom. The average Bonchev–Trinajstić information content (AvgIpc) is 2.50. The molecule has 0 aromatic heterocycles. The van der Waals surface area contributed by atoms with E-state index in [0.29, 0.717) is 12.1 Å². The van der Waals surface area contributed by atoms with E-state index < -0.39 is 0 Å². The van der Waals surface area contributed by atoms with Gasteiger partial charge in [-0.05, 0) is 32.4 Å². The van der Waals surface area contributed by atoms with E-state index in [-0.39, 0.29) is 0 Å². The molecule has 3 heteroatoms. The van der Waals surface area contributed by atoms with Crippen LogP contribution in [0.15, 0.2) is 24.3 Å². The summed E-state index contributed by atoms with van der Waals surface area (Å²) >= 11 is 0. The Bertz CT molecular complexity index is 422. The summed E-state index contributed by atoms with van der Waals surface area (Å²) in [6.07, 6.45) is 1.12. The van der Waals surface area contributed by atoms with Crippen LogP contribution < -0.4 is 10.2 Å². The Hall–Kier alpha value is -1.53. The smallest absolute Gasteiger partial charge is 0.101 e. The molecule has 0 amide bonds. The summed E-state index contributed by atoms with van der Waals surface area (Å²) in [5, 5.41) is 12.7. The molecule has 90 valence electrons. The van der Waals surface area contributed by atoms with Gasteiger partial charge in [-0.3, -0.25) is 0 Å². The van der Waals surface area contributed by atoms with Crippen molar-refractivity contribution in [1.82, 2.24) is 5.32 Å². The first-order valence-corrected chi connectivity index (χ1v) is 6.21. The highest BCUT2D eigenvalue weighted by Crippen LogP contribution is 2.21. The standard InChI is InChI=1S/C14H19N3/c1-11-7-8-17(10-12(2)16-11)14-6-4-3-5-13(14)9-15/h3-6,11-12,16H,7-8,10H2,1-2H3. The average molecular weight is 229 g/mol. The molecule has 0 aliphatic carbocycles. The van der Waals surface area contributed by atoms with Gasteiger partial charge in [0.1, 0.15) is 6.07 Å². The maximum absolute atomic E-state index is 9.14. The van der Waals surface area contributed by atoms with E-state index in [0.717, 1.165) is 30.8 Å². The van der Waals surface area contributed by atoms with Crippen LogP contribution in [0.2, 0.25) is 0 Å². The lowest BCUT2D eigenvalue weighted by molar-refractivity contribution is 0.492. The maximum atomic E-state index is 9.14. The van der Waals surface area contributed by atoms with Crippen LogP contribution in [-0.2, 0) is 0 Å². The number of para-hydroxylation sites is 1. The van der Waals surface area contributed by atoms with E-state index in [9.17, 15) is 0 Å². The fourth-order valence-corrected chi connectivity index (χ4v) is 2.46. The molecule has 2 unspecified atom stereocenters. The molecular weight excluding hydrogens is 210 g/mol. The normalized spacial score (nSPS) is 25.1. The van der Waals surface area contributed by atoms with Gasteiger partial charge < -0.3 is 10.2 Å². The number of nitrogens with zero attached hydrogens (tertiary/aromatic N) is 2. The van der Waals surface area contributed by atoms with Gasteiger partial charge in [0.2, 0.25) is 0 Å². The van der Waals surface area contributed by atoms with Crippen molar-refractivity contribution in [3.05, 3.63) is 29.8 Å². The van der Waals surface area contributed by atoms with E-state index in [1.807, 2.05) is 24.3 Å². The molecule has 0 saturated carbocycles. The number of nitrogens with one attached hydrogen (secondary N) is 1. The highest BCUT2D eigenvalue weighted by molar-refractivity contribution is 5.59. The molecule has 3 nitrogen and oxygen atoms in total. The molecule has 1 aromatic rings. The summed E-state index contributed by atoms with van der Waals surface area (Å²) in [5.41, 5.74) is 1.84. The minimum atomic E-state index is 0.458. The molecule has 1 aromatic carbocycles. The van der Waals surface area contributed by atoms with Gasteiger partial charge in [-0.25, -0.2) is 0 Å². The number of hydrogen-bond donors (Lipinski definition) is 1. The fourth-order valence-electron chi connectivity index (χ4n) is 2.46. The first kappa shape index (κ1) is 11.9. The van der Waals surface area contributed by atoms with Crippen LogP contribution in [0.25, 0.3) is 0 Å². The van der Waals surface area contributed by atoms with E-state index in [2.05, 4.69) is 30.1 Å². The monoisotopic (exact) mass is 229 g/mol. The quantitative estimate of drug-likeness (QED) is 0.802. The summed E-state index contributed by atoms with van der Waals surface area (Å²) < 4.78 is 0. The van der Waals surface area contributed by atoms with Gasteiger partial charge in [0.25, 0.3) is 0 Å². The van der Waals surface area contributed by atoms with Gasteiger partial charge >= 0.3 is 0 Å². The van der Waals surface area contributed by atoms with Crippen molar-refractivity contribution in [1.29, 1.82) is 5.26 Å². The van der Waals surface area contributed by atoms with Crippen LogP contribution in [0.3, 0.4) is 0 Å². The summed E-state index contributed by atoms with van der Waals surface area (Å²) in [7, 11) is 0. The molecule has 1 aliphatic heterocycles. The molecule has 0 bridgehead atoms. The molecule has 1 heterocycles. The lowest BCUT2D eigenvalue weighted by Crippen LogP contribution is -2.37. The lowest BCUT2D eigenvalue weighted by Gasteiger charge is -2.25. The second-order valence-corrected chi connectivity index (χ2v) is 4.83. The number of rotatable bonds is 1. The third-order valence-electron chi connectivity index (χ3n) is 3.26. The molecule has 0 spiro atoms. The molecule has 0 radical (unpaired) electrons. The van der Waals surface area contributed by atoms with E-state index in [1.54, 1.807) is 0 Å². The number of anilines is 1. The zero-order valence-corrected chi connectivity index (χ0v) is 10.5. The first-order chi connectivity index (χ1) is 8.20.